The molecule has 7 nitrogen and oxygen atoms in total. The number of pyridine rings is 1. The van der Waals surface area contributed by atoms with Gasteiger partial charge in [0.2, 0.25) is 11.8 Å². The first kappa shape index (κ1) is 20.0. The lowest BCUT2D eigenvalue weighted by molar-refractivity contribution is -0.119. The molecule has 2 fully saturated rings. The molecule has 0 spiro atoms. The molecule has 0 unspecified atom stereocenters. The minimum absolute atomic E-state index is 0.0437. The van der Waals surface area contributed by atoms with Crippen LogP contribution in [0.25, 0.3) is 0 Å². The Balaban J connectivity index is 1.33. The highest BCUT2D eigenvalue weighted by Crippen LogP contribution is 2.30. The predicted octanol–water partition coefficient (Wildman–Crippen LogP) is 1.75. The maximum Gasteiger partial charge on any atom is 0.217 e. The Morgan fingerprint density at radius 2 is 2.04 bits per heavy atom. The molecule has 1 amide bonds. The van der Waals surface area contributed by atoms with Crippen LogP contribution in [-0.2, 0) is 20.8 Å². The molecule has 1 aliphatic carbocycles. The molecular weight excluding hydrogens is 346 g/mol. The summed E-state index contributed by atoms with van der Waals surface area (Å²) in [6, 6.07) is 3.77. The fraction of sp³-hybridized carbons (Fsp3) is 0.700. The zero-order valence-electron chi connectivity index (χ0n) is 16.4. The summed E-state index contributed by atoms with van der Waals surface area (Å²) in [5.41, 5.74) is 0.988. The van der Waals surface area contributed by atoms with Crippen LogP contribution in [0, 0.1) is 0 Å². The van der Waals surface area contributed by atoms with E-state index in [1.807, 2.05) is 12.1 Å². The molecule has 0 bridgehead atoms. The van der Waals surface area contributed by atoms with Gasteiger partial charge in [-0.15, -0.1) is 0 Å². The summed E-state index contributed by atoms with van der Waals surface area (Å²) in [6.45, 7) is 5.99. The number of ether oxygens (including phenoxy) is 3. The minimum Gasteiger partial charge on any atom is -0.474 e. The molecule has 0 atom stereocenters. The minimum atomic E-state index is -0.0437. The molecule has 1 aromatic rings. The lowest BCUT2D eigenvalue weighted by Gasteiger charge is -2.39. The lowest BCUT2D eigenvalue weighted by Crippen LogP contribution is -2.45. The second-order valence-corrected chi connectivity index (χ2v) is 7.42. The number of nitrogens with zero attached hydrogens (tertiary/aromatic N) is 2. The van der Waals surface area contributed by atoms with Crippen LogP contribution in [0.1, 0.15) is 38.2 Å². The summed E-state index contributed by atoms with van der Waals surface area (Å²) < 4.78 is 17.3. The standard InChI is InChI=1S/C20H31N3O4/c1-15(24)22-14-16-3-6-21-20(11-16)27-19-12-18(13-19)26-17-4-7-23(8-5-17)9-10-25-2/h3,6,11,17-19H,4-5,7-10,12-14H2,1-2H3,(H,22,24). The van der Waals surface area contributed by atoms with Crippen LogP contribution in [0.2, 0.25) is 0 Å². The Labute approximate surface area is 161 Å². The van der Waals surface area contributed by atoms with Gasteiger partial charge in [0.25, 0.3) is 0 Å². The van der Waals surface area contributed by atoms with Crippen LogP contribution in [0.5, 0.6) is 5.88 Å². The third kappa shape index (κ3) is 6.45. The van der Waals surface area contributed by atoms with Gasteiger partial charge in [-0.25, -0.2) is 4.98 Å². The number of hydrogen-bond donors (Lipinski definition) is 1. The van der Waals surface area contributed by atoms with E-state index in [-0.39, 0.29) is 12.0 Å². The van der Waals surface area contributed by atoms with Gasteiger partial charge in [0.1, 0.15) is 6.10 Å². The van der Waals surface area contributed by atoms with Gasteiger partial charge in [-0.05, 0) is 24.5 Å². The Morgan fingerprint density at radius 3 is 2.74 bits per heavy atom. The molecule has 0 aromatic carbocycles. The van der Waals surface area contributed by atoms with Crippen molar-refractivity contribution in [1.82, 2.24) is 15.2 Å². The van der Waals surface area contributed by atoms with Crippen LogP contribution in [0.15, 0.2) is 18.3 Å². The summed E-state index contributed by atoms with van der Waals surface area (Å²) in [5, 5.41) is 2.78. The molecular formula is C20H31N3O4. The van der Waals surface area contributed by atoms with Crippen molar-refractivity contribution >= 4 is 5.91 Å². The van der Waals surface area contributed by atoms with Gasteiger partial charge in [0.05, 0.1) is 18.8 Å². The van der Waals surface area contributed by atoms with E-state index in [4.69, 9.17) is 14.2 Å². The number of methoxy groups -OCH3 is 1. The monoisotopic (exact) mass is 377 g/mol. The SMILES string of the molecule is COCCN1CCC(OC2CC(Oc3cc(CNC(C)=O)ccn3)C2)CC1. The van der Waals surface area contributed by atoms with Crippen LogP contribution in [0.3, 0.4) is 0 Å². The van der Waals surface area contributed by atoms with Crippen LogP contribution in [0.4, 0.5) is 0 Å². The quantitative estimate of drug-likeness (QED) is 0.707. The van der Waals surface area contributed by atoms with Crippen LogP contribution in [-0.4, -0.2) is 67.5 Å². The average Bonchev–Trinajstić information content (AvgIpc) is 2.64. The van der Waals surface area contributed by atoms with Crippen molar-refractivity contribution in [3.8, 4) is 5.88 Å². The summed E-state index contributed by atoms with van der Waals surface area (Å²) in [5.74, 6) is 0.575. The fourth-order valence-electron chi connectivity index (χ4n) is 3.51. The van der Waals surface area contributed by atoms with Crippen LogP contribution < -0.4 is 10.1 Å². The smallest absolute Gasteiger partial charge is 0.217 e. The van der Waals surface area contributed by atoms with E-state index in [9.17, 15) is 4.79 Å². The Hall–Kier alpha value is -1.70. The first-order valence-corrected chi connectivity index (χ1v) is 9.85. The van der Waals surface area contributed by atoms with Crippen molar-refractivity contribution in [3.63, 3.8) is 0 Å². The summed E-state index contributed by atoms with van der Waals surface area (Å²) in [7, 11) is 1.75. The summed E-state index contributed by atoms with van der Waals surface area (Å²) in [6.07, 6.45) is 6.58. The van der Waals surface area contributed by atoms with Gasteiger partial charge >= 0.3 is 0 Å². The highest BCUT2D eigenvalue weighted by Gasteiger charge is 2.34. The van der Waals surface area contributed by atoms with E-state index in [0.29, 0.717) is 24.6 Å². The second-order valence-electron chi connectivity index (χ2n) is 7.42. The van der Waals surface area contributed by atoms with E-state index in [1.165, 1.54) is 6.92 Å². The Morgan fingerprint density at radius 1 is 1.26 bits per heavy atom. The van der Waals surface area contributed by atoms with E-state index in [2.05, 4.69) is 15.2 Å². The molecule has 0 radical (unpaired) electrons. The zero-order valence-corrected chi connectivity index (χ0v) is 16.4. The van der Waals surface area contributed by atoms with Crippen molar-refractivity contribution in [2.24, 2.45) is 0 Å². The molecule has 2 heterocycles. The number of rotatable bonds is 9. The van der Waals surface area contributed by atoms with Gasteiger partial charge in [-0.3, -0.25) is 4.79 Å². The molecule has 1 aromatic heterocycles. The molecule has 1 aliphatic heterocycles. The second kappa shape index (κ2) is 10.0. The highest BCUT2D eigenvalue weighted by molar-refractivity contribution is 5.72. The van der Waals surface area contributed by atoms with Gasteiger partial charge in [0.15, 0.2) is 0 Å². The lowest BCUT2D eigenvalue weighted by atomic mass is 9.91. The number of carbonyl (C=O) groups is 1. The van der Waals surface area contributed by atoms with Crippen molar-refractivity contribution in [2.75, 3.05) is 33.4 Å². The maximum atomic E-state index is 11.0. The predicted molar refractivity (Wildman–Crippen MR) is 102 cm³/mol. The highest BCUT2D eigenvalue weighted by atomic mass is 16.5. The normalized spacial score (nSPS) is 23.6. The molecule has 7 heteroatoms. The molecule has 1 N–H and O–H groups in total. The molecule has 3 rings (SSSR count). The average molecular weight is 377 g/mol. The third-order valence-corrected chi connectivity index (χ3v) is 5.21. The number of likely N-dealkylation sites (tertiary alicyclic amines) is 1. The Bertz CT molecular complexity index is 599. The molecule has 2 aliphatic rings. The number of nitrogens with one attached hydrogen (secondary N) is 1. The first-order valence-electron chi connectivity index (χ1n) is 9.85. The van der Waals surface area contributed by atoms with Crippen molar-refractivity contribution in [2.45, 2.75) is 57.5 Å². The summed E-state index contributed by atoms with van der Waals surface area (Å²) in [4.78, 5) is 17.7. The topological polar surface area (TPSA) is 72.9 Å². The van der Waals surface area contributed by atoms with Crippen molar-refractivity contribution in [3.05, 3.63) is 23.9 Å². The zero-order chi connectivity index (χ0) is 19.1. The number of aromatic nitrogens is 1. The van der Waals surface area contributed by atoms with Gasteiger partial charge < -0.3 is 24.4 Å². The van der Waals surface area contributed by atoms with E-state index >= 15 is 0 Å². The van der Waals surface area contributed by atoms with E-state index < -0.39 is 0 Å². The summed E-state index contributed by atoms with van der Waals surface area (Å²) >= 11 is 0. The van der Waals surface area contributed by atoms with Gasteiger partial charge in [-0.1, -0.05) is 0 Å². The number of carbonyl (C=O) groups excluding carboxylic acids is 1. The van der Waals surface area contributed by atoms with Gasteiger partial charge in [-0.2, -0.15) is 0 Å². The Kier molecular flexibility index (Phi) is 7.43. The first-order chi connectivity index (χ1) is 13.1. The largest absolute Gasteiger partial charge is 0.474 e. The number of piperidine rings is 1. The van der Waals surface area contributed by atoms with E-state index in [1.54, 1.807) is 13.3 Å². The molecule has 1 saturated heterocycles. The molecule has 150 valence electrons. The number of hydrogen-bond acceptors (Lipinski definition) is 6. The third-order valence-electron chi connectivity index (χ3n) is 5.21. The number of amides is 1. The molecule has 27 heavy (non-hydrogen) atoms. The fourth-order valence-corrected chi connectivity index (χ4v) is 3.51. The van der Waals surface area contributed by atoms with E-state index in [0.717, 1.165) is 57.5 Å². The van der Waals surface area contributed by atoms with Gasteiger partial charge in [0, 0.05) is 65.3 Å². The van der Waals surface area contributed by atoms with Crippen LogP contribution >= 0.6 is 0 Å². The van der Waals surface area contributed by atoms with Crippen molar-refractivity contribution in [1.29, 1.82) is 0 Å². The maximum absolute atomic E-state index is 11.0. The van der Waals surface area contributed by atoms with Crippen molar-refractivity contribution < 1.29 is 19.0 Å². The molecule has 1 saturated carbocycles.